The minimum atomic E-state index is -4.00. The van der Waals surface area contributed by atoms with Crippen LogP contribution < -0.4 is 14.9 Å². The number of unbranched alkanes of at least 4 members (excludes halogenated alkanes) is 9. The topological polar surface area (TPSA) is 172 Å². The van der Waals surface area contributed by atoms with Crippen molar-refractivity contribution in [2.45, 2.75) is 121 Å². The second-order valence-corrected chi connectivity index (χ2v) is 18.9. The molecule has 65 heavy (non-hydrogen) atoms. The number of hydrogen-bond donors (Lipinski definition) is 2. The van der Waals surface area contributed by atoms with E-state index in [9.17, 15) is 28.1 Å². The van der Waals surface area contributed by atoms with Crippen molar-refractivity contribution in [3.63, 3.8) is 0 Å². The molecule has 12 nitrogen and oxygen atoms in total. The molecule has 0 radical (unpaired) electrons. The molecule has 0 saturated heterocycles. The van der Waals surface area contributed by atoms with Crippen LogP contribution in [0.1, 0.15) is 124 Å². The minimum absolute atomic E-state index is 0.00452. The lowest BCUT2D eigenvalue weighted by Crippen LogP contribution is -2.46. The van der Waals surface area contributed by atoms with Crippen molar-refractivity contribution in [1.29, 1.82) is 5.26 Å². The molecule has 6 rings (SSSR count). The summed E-state index contributed by atoms with van der Waals surface area (Å²) < 4.78 is 41.1. The Morgan fingerprint density at radius 2 is 1.57 bits per heavy atom. The van der Waals surface area contributed by atoms with Crippen LogP contribution in [-0.4, -0.2) is 49.9 Å². The zero-order valence-corrected chi connectivity index (χ0v) is 39.1. The number of aromatic nitrogens is 1. The summed E-state index contributed by atoms with van der Waals surface area (Å²) in [6, 6.07) is 24.2. The molecule has 4 aromatic carbocycles. The first-order chi connectivity index (χ1) is 31.4. The van der Waals surface area contributed by atoms with Gasteiger partial charge in [0.2, 0.25) is 27.8 Å². The van der Waals surface area contributed by atoms with Gasteiger partial charge in [0.1, 0.15) is 17.2 Å². The largest absolute Gasteiger partial charge is 0.435 e. The summed E-state index contributed by atoms with van der Waals surface area (Å²) in [4.78, 5) is 48.6. The molecular formula is C50H55Cl2N5O7S. The minimum Gasteiger partial charge on any atom is -0.435 e. The molecule has 0 aliphatic heterocycles. The average molecular weight is 941 g/mol. The van der Waals surface area contributed by atoms with Crippen molar-refractivity contribution in [3.05, 3.63) is 118 Å². The zero-order valence-electron chi connectivity index (χ0n) is 36.8. The van der Waals surface area contributed by atoms with Gasteiger partial charge >= 0.3 is 6.09 Å². The summed E-state index contributed by atoms with van der Waals surface area (Å²) in [5.41, 5.74) is 3.05. The number of benzene rings is 4. The second-order valence-electron chi connectivity index (χ2n) is 16.3. The normalized spacial score (nSPS) is 13.7. The Bertz CT molecular complexity index is 2620. The van der Waals surface area contributed by atoms with E-state index >= 15 is 0 Å². The number of allylic oxidation sites excluding steroid dienone is 1. The molecule has 1 aromatic heterocycles. The van der Waals surface area contributed by atoms with E-state index in [2.05, 4.69) is 28.0 Å². The van der Waals surface area contributed by atoms with Crippen LogP contribution in [-0.2, 0) is 19.6 Å². The SMILES string of the molecule is CCCCCCCCCCCCNS(=O)(=O)c1ccc(Cl)c(NC(=O)C(OC(=O)N(c2ccc(C=C(C#N)c3nc4ccccc4o3)c(C)c2)C2CCCC2)C(=O)c2ccccc2Cl)c1. The molecule has 1 unspecified atom stereocenters. The Hall–Kier alpha value is -5.52. The number of amides is 2. The van der Waals surface area contributed by atoms with E-state index in [0.717, 1.165) is 32.1 Å². The fraction of sp³-hybridized carbons (Fsp3) is 0.380. The van der Waals surface area contributed by atoms with Crippen LogP contribution >= 0.6 is 23.2 Å². The second kappa shape index (κ2) is 23.6. The molecule has 1 aliphatic rings. The highest BCUT2D eigenvalue weighted by molar-refractivity contribution is 7.89. The number of Topliss-reactive ketones (excluding diaryl/α,β-unsaturated/α-hetero) is 1. The molecule has 1 atom stereocenters. The van der Waals surface area contributed by atoms with Gasteiger partial charge in [0, 0.05) is 23.8 Å². The van der Waals surface area contributed by atoms with Crippen LogP contribution in [0, 0.1) is 18.3 Å². The maximum absolute atomic E-state index is 14.5. The van der Waals surface area contributed by atoms with E-state index in [4.69, 9.17) is 32.4 Å². The van der Waals surface area contributed by atoms with Crippen molar-refractivity contribution in [2.75, 3.05) is 16.8 Å². The number of anilines is 2. The number of sulfonamides is 1. The summed E-state index contributed by atoms with van der Waals surface area (Å²) in [5.74, 6) is -1.79. The molecule has 15 heteroatoms. The van der Waals surface area contributed by atoms with Crippen LogP contribution in [0.3, 0.4) is 0 Å². The van der Waals surface area contributed by atoms with Gasteiger partial charge in [-0.15, -0.1) is 0 Å². The number of carbonyl (C=O) groups excluding carboxylic acids is 3. The van der Waals surface area contributed by atoms with Gasteiger partial charge in [-0.1, -0.05) is 131 Å². The number of carbonyl (C=O) groups is 3. The molecule has 0 spiro atoms. The van der Waals surface area contributed by atoms with Gasteiger partial charge in [0.15, 0.2) is 5.58 Å². The lowest BCUT2D eigenvalue weighted by atomic mass is 10.0. The summed E-state index contributed by atoms with van der Waals surface area (Å²) in [6.07, 6.45) is 12.8. The monoisotopic (exact) mass is 939 g/mol. The van der Waals surface area contributed by atoms with Crippen molar-refractivity contribution < 1.29 is 32.0 Å². The lowest BCUT2D eigenvalue weighted by Gasteiger charge is -2.30. The number of ether oxygens (including phenoxy) is 1. The molecule has 1 aliphatic carbocycles. The van der Waals surface area contributed by atoms with Crippen LogP contribution in [0.25, 0.3) is 22.7 Å². The zero-order chi connectivity index (χ0) is 46.3. The number of halogens is 2. The van der Waals surface area contributed by atoms with E-state index in [1.807, 2.05) is 19.1 Å². The van der Waals surface area contributed by atoms with E-state index < -0.39 is 33.9 Å². The fourth-order valence-electron chi connectivity index (χ4n) is 7.94. The van der Waals surface area contributed by atoms with Gasteiger partial charge in [-0.25, -0.2) is 22.9 Å². The molecule has 1 heterocycles. The van der Waals surface area contributed by atoms with Gasteiger partial charge in [-0.05, 0) is 98.0 Å². The Labute approximate surface area is 391 Å². The Morgan fingerprint density at radius 3 is 2.25 bits per heavy atom. The Balaban J connectivity index is 1.19. The van der Waals surface area contributed by atoms with Gasteiger partial charge in [-0.2, -0.15) is 5.26 Å². The maximum Gasteiger partial charge on any atom is 0.415 e. The standard InChI is InChI=1S/C50H55Cl2N5O7S/c1-3-4-5-6-7-8-9-10-11-18-29-54-65(61,62)39-27-28-42(52)44(32-39)55-48(59)47(46(58)40-21-14-15-22-41(40)51)64-50(60)57(37-19-12-13-20-37)38-26-25-35(34(2)30-38)31-36(33-53)49-56-43-23-16-17-24-45(43)63-49/h14-17,21-28,30-32,37,47,54H,3-13,18-20,29H2,1-2H3,(H,55,59). The predicted octanol–water partition coefficient (Wildman–Crippen LogP) is 12.5. The third-order valence-corrected chi connectivity index (χ3v) is 13.6. The Morgan fingerprint density at radius 1 is 0.892 bits per heavy atom. The molecule has 1 fully saturated rings. The third kappa shape index (κ3) is 13.1. The molecule has 342 valence electrons. The van der Waals surface area contributed by atoms with Crippen molar-refractivity contribution in [1.82, 2.24) is 9.71 Å². The van der Waals surface area contributed by atoms with Crippen LogP contribution in [0.4, 0.5) is 16.2 Å². The lowest BCUT2D eigenvalue weighted by molar-refractivity contribution is -0.122. The molecule has 2 amide bonds. The first kappa shape index (κ1) is 48.9. The number of ketones is 1. The molecule has 5 aromatic rings. The first-order valence-electron chi connectivity index (χ1n) is 22.4. The molecular weight excluding hydrogens is 886 g/mol. The van der Waals surface area contributed by atoms with Crippen molar-refractivity contribution >= 4 is 85.1 Å². The Kier molecular flexibility index (Phi) is 17.8. The maximum atomic E-state index is 14.5. The quantitative estimate of drug-likeness (QED) is 0.0296. The highest BCUT2D eigenvalue weighted by Gasteiger charge is 2.38. The number of nitrogens with zero attached hydrogens (tertiary/aromatic N) is 3. The van der Waals surface area contributed by atoms with E-state index in [1.165, 1.54) is 73.8 Å². The van der Waals surface area contributed by atoms with E-state index in [0.29, 0.717) is 47.2 Å². The highest BCUT2D eigenvalue weighted by Crippen LogP contribution is 2.33. The van der Waals surface area contributed by atoms with Crippen molar-refractivity contribution in [2.24, 2.45) is 0 Å². The number of aryl methyl sites for hydroxylation is 1. The number of nitriles is 1. The van der Waals surface area contributed by atoms with Gasteiger partial charge in [0.25, 0.3) is 5.91 Å². The predicted molar refractivity (Wildman–Crippen MR) is 257 cm³/mol. The summed E-state index contributed by atoms with van der Waals surface area (Å²) >= 11 is 12.9. The first-order valence-corrected chi connectivity index (χ1v) is 24.6. The summed E-state index contributed by atoms with van der Waals surface area (Å²) in [5, 5.41) is 12.6. The number of oxazole rings is 1. The number of rotatable bonds is 22. The fourth-order valence-corrected chi connectivity index (χ4v) is 9.43. The highest BCUT2D eigenvalue weighted by atomic mass is 35.5. The van der Waals surface area contributed by atoms with Gasteiger partial charge in [-0.3, -0.25) is 14.5 Å². The molecule has 1 saturated carbocycles. The van der Waals surface area contributed by atoms with Crippen LogP contribution in [0.5, 0.6) is 0 Å². The van der Waals surface area contributed by atoms with Crippen LogP contribution in [0.15, 0.2) is 94.2 Å². The summed E-state index contributed by atoms with van der Waals surface area (Å²) in [7, 11) is -4.00. The number of hydrogen-bond acceptors (Lipinski definition) is 9. The number of fused-ring (bicyclic) bond motifs is 1. The van der Waals surface area contributed by atoms with Gasteiger partial charge in [0.05, 0.1) is 20.6 Å². The molecule has 2 N–H and O–H groups in total. The smallest absolute Gasteiger partial charge is 0.415 e. The summed E-state index contributed by atoms with van der Waals surface area (Å²) in [6.45, 7) is 4.27. The van der Waals surface area contributed by atoms with E-state index in [-0.39, 0.29) is 50.2 Å². The van der Waals surface area contributed by atoms with E-state index in [1.54, 1.807) is 48.5 Å². The van der Waals surface area contributed by atoms with Gasteiger partial charge < -0.3 is 14.5 Å². The number of para-hydroxylation sites is 2. The average Bonchev–Trinajstić information content (AvgIpc) is 3.99. The number of nitrogens with one attached hydrogen (secondary N) is 2. The van der Waals surface area contributed by atoms with Crippen LogP contribution in [0.2, 0.25) is 10.0 Å². The molecule has 0 bridgehead atoms. The third-order valence-electron chi connectivity index (χ3n) is 11.5. The van der Waals surface area contributed by atoms with Crippen molar-refractivity contribution in [3.8, 4) is 6.07 Å².